The molecule has 0 amide bonds. The lowest BCUT2D eigenvalue weighted by atomic mass is 9.61. The Morgan fingerprint density at radius 1 is 1.06 bits per heavy atom. The van der Waals surface area contributed by atoms with Crippen molar-refractivity contribution < 1.29 is 19.8 Å². The first kappa shape index (κ1) is 13.3. The highest BCUT2D eigenvalue weighted by molar-refractivity contribution is 5.86. The van der Waals surface area contributed by atoms with E-state index in [2.05, 4.69) is 5.32 Å². The van der Waals surface area contributed by atoms with E-state index in [9.17, 15) is 19.8 Å². The van der Waals surface area contributed by atoms with Gasteiger partial charge < -0.3 is 15.5 Å². The molecule has 0 spiro atoms. The average molecular weight is 255 g/mol. The lowest BCUT2D eigenvalue weighted by Gasteiger charge is -2.45. The largest absolute Gasteiger partial charge is 0.481 e. The lowest BCUT2D eigenvalue weighted by Crippen LogP contribution is -2.61. The number of piperidine rings is 1. The van der Waals surface area contributed by atoms with E-state index in [-0.39, 0.29) is 5.92 Å². The molecule has 0 aromatic rings. The quantitative estimate of drug-likeness (QED) is 0.711. The first-order chi connectivity index (χ1) is 8.59. The maximum Gasteiger partial charge on any atom is 0.321 e. The molecule has 1 heterocycles. The number of hydrogen-bond acceptors (Lipinski definition) is 3. The predicted octanol–water partition coefficient (Wildman–Crippen LogP) is 1.47. The molecule has 0 aromatic carbocycles. The molecule has 18 heavy (non-hydrogen) atoms. The molecule has 2 atom stereocenters. The van der Waals surface area contributed by atoms with E-state index in [0.29, 0.717) is 13.0 Å². The van der Waals surface area contributed by atoms with E-state index in [0.717, 1.165) is 38.5 Å². The summed E-state index contributed by atoms with van der Waals surface area (Å²) in [6.07, 6.45) is 6.09. The Labute approximate surface area is 107 Å². The zero-order valence-electron chi connectivity index (χ0n) is 10.5. The molecule has 1 saturated carbocycles. The summed E-state index contributed by atoms with van der Waals surface area (Å²) in [7, 11) is 0. The van der Waals surface area contributed by atoms with Gasteiger partial charge >= 0.3 is 11.9 Å². The maximum absolute atomic E-state index is 11.8. The molecular formula is C13H21NO4. The van der Waals surface area contributed by atoms with Gasteiger partial charge in [-0.2, -0.15) is 0 Å². The molecular weight excluding hydrogens is 234 g/mol. The summed E-state index contributed by atoms with van der Waals surface area (Å²) >= 11 is 0. The number of nitrogens with one attached hydrogen (secondary N) is 1. The second kappa shape index (κ2) is 5.26. The third kappa shape index (κ3) is 2.11. The Balaban J connectivity index is 2.32. The highest BCUT2D eigenvalue weighted by Crippen LogP contribution is 2.46. The first-order valence-electron chi connectivity index (χ1n) is 6.78. The van der Waals surface area contributed by atoms with Crippen LogP contribution in [0.5, 0.6) is 0 Å². The Hall–Kier alpha value is -1.10. The van der Waals surface area contributed by atoms with Crippen LogP contribution in [0.1, 0.15) is 44.9 Å². The molecule has 5 heteroatoms. The van der Waals surface area contributed by atoms with Crippen molar-refractivity contribution in [1.82, 2.24) is 5.32 Å². The SMILES string of the molecule is O=C(O)C1NCCCC1(C(=O)O)C1CCCCC1. The standard InChI is InChI=1S/C13H21NO4/c15-11(16)10-13(12(17)18,7-4-8-14-10)9-5-2-1-3-6-9/h9-10,14H,1-8H2,(H,15,16)(H,17,18). The molecule has 3 N–H and O–H groups in total. The maximum atomic E-state index is 11.8. The Morgan fingerprint density at radius 3 is 2.28 bits per heavy atom. The molecule has 102 valence electrons. The van der Waals surface area contributed by atoms with Crippen molar-refractivity contribution in [3.63, 3.8) is 0 Å². The minimum Gasteiger partial charge on any atom is -0.481 e. The molecule has 0 bridgehead atoms. The van der Waals surface area contributed by atoms with Crippen LogP contribution >= 0.6 is 0 Å². The minimum atomic E-state index is -1.11. The molecule has 1 aliphatic carbocycles. The normalized spacial score (nSPS) is 34.1. The highest BCUT2D eigenvalue weighted by Gasteiger charge is 2.55. The van der Waals surface area contributed by atoms with E-state index >= 15 is 0 Å². The summed E-state index contributed by atoms with van der Waals surface area (Å²) in [5, 5.41) is 21.9. The third-order valence-electron chi connectivity index (χ3n) is 4.61. The van der Waals surface area contributed by atoms with Gasteiger partial charge in [0.15, 0.2) is 0 Å². The van der Waals surface area contributed by atoms with Gasteiger partial charge in [-0.1, -0.05) is 19.3 Å². The van der Waals surface area contributed by atoms with Gasteiger partial charge in [0.1, 0.15) is 6.04 Å². The third-order valence-corrected chi connectivity index (χ3v) is 4.61. The molecule has 2 rings (SSSR count). The summed E-state index contributed by atoms with van der Waals surface area (Å²) < 4.78 is 0. The van der Waals surface area contributed by atoms with Crippen LogP contribution in [0.15, 0.2) is 0 Å². The summed E-state index contributed by atoms with van der Waals surface area (Å²) in [5.41, 5.74) is -1.11. The van der Waals surface area contributed by atoms with E-state index in [4.69, 9.17) is 0 Å². The molecule has 2 fully saturated rings. The van der Waals surface area contributed by atoms with Crippen molar-refractivity contribution in [2.24, 2.45) is 11.3 Å². The number of carbonyl (C=O) groups is 2. The fourth-order valence-corrected chi connectivity index (χ4v) is 3.72. The summed E-state index contributed by atoms with van der Waals surface area (Å²) in [6.45, 7) is 0.596. The van der Waals surface area contributed by atoms with E-state index in [1.807, 2.05) is 0 Å². The monoisotopic (exact) mass is 255 g/mol. The number of hydrogen-bond donors (Lipinski definition) is 3. The zero-order chi connectivity index (χ0) is 13.2. The summed E-state index contributed by atoms with van der Waals surface area (Å²) in [5.74, 6) is -1.96. The first-order valence-corrected chi connectivity index (χ1v) is 6.78. The van der Waals surface area contributed by atoms with E-state index < -0.39 is 23.4 Å². The summed E-state index contributed by atoms with van der Waals surface area (Å²) in [6, 6.07) is -0.938. The van der Waals surface area contributed by atoms with Gasteiger partial charge in [-0.15, -0.1) is 0 Å². The van der Waals surface area contributed by atoms with Crippen molar-refractivity contribution in [3.8, 4) is 0 Å². The van der Waals surface area contributed by atoms with E-state index in [1.54, 1.807) is 0 Å². The fourth-order valence-electron chi connectivity index (χ4n) is 3.72. The van der Waals surface area contributed by atoms with Crippen LogP contribution in [0.4, 0.5) is 0 Å². The van der Waals surface area contributed by atoms with Crippen molar-refractivity contribution >= 4 is 11.9 Å². The Bertz CT molecular complexity index is 338. The lowest BCUT2D eigenvalue weighted by molar-refractivity contribution is -0.167. The van der Waals surface area contributed by atoms with Gasteiger partial charge in [-0.3, -0.25) is 9.59 Å². The number of carboxylic acids is 2. The molecule has 2 aliphatic rings. The molecule has 2 unspecified atom stereocenters. The van der Waals surface area contributed by atoms with Gasteiger partial charge in [-0.05, 0) is 38.1 Å². The van der Waals surface area contributed by atoms with Crippen LogP contribution < -0.4 is 5.32 Å². The van der Waals surface area contributed by atoms with Crippen LogP contribution in [-0.2, 0) is 9.59 Å². The van der Waals surface area contributed by atoms with Crippen LogP contribution in [0.2, 0.25) is 0 Å². The van der Waals surface area contributed by atoms with Crippen LogP contribution in [-0.4, -0.2) is 34.7 Å². The van der Waals surface area contributed by atoms with Gasteiger partial charge in [0.05, 0.1) is 5.41 Å². The number of carboxylic acid groups (broad SMARTS) is 2. The predicted molar refractivity (Wildman–Crippen MR) is 65.3 cm³/mol. The molecule has 1 saturated heterocycles. The fraction of sp³-hybridized carbons (Fsp3) is 0.846. The topological polar surface area (TPSA) is 86.6 Å². The molecule has 0 radical (unpaired) electrons. The van der Waals surface area contributed by atoms with Crippen LogP contribution in [0, 0.1) is 11.3 Å². The molecule has 0 aromatic heterocycles. The minimum absolute atomic E-state index is 0.00218. The Morgan fingerprint density at radius 2 is 1.72 bits per heavy atom. The highest BCUT2D eigenvalue weighted by atomic mass is 16.4. The average Bonchev–Trinajstić information content (AvgIpc) is 2.39. The van der Waals surface area contributed by atoms with Gasteiger partial charge in [0, 0.05) is 0 Å². The molecule has 5 nitrogen and oxygen atoms in total. The smallest absolute Gasteiger partial charge is 0.321 e. The zero-order valence-corrected chi connectivity index (χ0v) is 10.5. The number of aliphatic carboxylic acids is 2. The van der Waals surface area contributed by atoms with Gasteiger partial charge in [0.2, 0.25) is 0 Å². The van der Waals surface area contributed by atoms with Crippen molar-refractivity contribution in [2.45, 2.75) is 51.0 Å². The van der Waals surface area contributed by atoms with E-state index in [1.165, 1.54) is 0 Å². The second-order valence-corrected chi connectivity index (χ2v) is 5.51. The Kier molecular flexibility index (Phi) is 3.90. The van der Waals surface area contributed by atoms with Crippen LogP contribution in [0.25, 0.3) is 0 Å². The van der Waals surface area contributed by atoms with Crippen molar-refractivity contribution in [1.29, 1.82) is 0 Å². The van der Waals surface area contributed by atoms with Gasteiger partial charge in [0.25, 0.3) is 0 Å². The second-order valence-electron chi connectivity index (χ2n) is 5.51. The number of rotatable bonds is 3. The molecule has 1 aliphatic heterocycles. The van der Waals surface area contributed by atoms with Gasteiger partial charge in [-0.25, -0.2) is 0 Å². The van der Waals surface area contributed by atoms with Crippen molar-refractivity contribution in [3.05, 3.63) is 0 Å². The van der Waals surface area contributed by atoms with Crippen LogP contribution in [0.3, 0.4) is 0 Å². The summed E-state index contributed by atoms with van der Waals surface area (Å²) in [4.78, 5) is 23.2. The van der Waals surface area contributed by atoms with Crippen molar-refractivity contribution in [2.75, 3.05) is 6.54 Å².